The van der Waals surface area contributed by atoms with E-state index in [0.717, 1.165) is 0 Å². The lowest BCUT2D eigenvalue weighted by Crippen LogP contribution is -2.31. The maximum absolute atomic E-state index is 12.1. The summed E-state index contributed by atoms with van der Waals surface area (Å²) < 4.78 is 5.34. The highest BCUT2D eigenvalue weighted by atomic mass is 16.6. The van der Waals surface area contributed by atoms with Gasteiger partial charge in [0.25, 0.3) is 5.91 Å². The van der Waals surface area contributed by atoms with E-state index in [9.17, 15) is 14.9 Å². The van der Waals surface area contributed by atoms with Crippen LogP contribution >= 0.6 is 0 Å². The van der Waals surface area contributed by atoms with Crippen molar-refractivity contribution in [2.24, 2.45) is 0 Å². The average Bonchev–Trinajstić information content (AvgIpc) is 2.48. The molecule has 0 bridgehead atoms. The van der Waals surface area contributed by atoms with E-state index in [1.165, 1.54) is 12.1 Å². The van der Waals surface area contributed by atoms with Crippen molar-refractivity contribution >= 4 is 11.6 Å². The number of carbonyl (C=O) groups excluding carboxylic acids is 1. The first-order valence-electron chi connectivity index (χ1n) is 5.34. The Labute approximate surface area is 97.9 Å². The molecule has 1 heterocycles. The predicted molar refractivity (Wildman–Crippen MR) is 60.2 cm³/mol. The third-order valence-corrected chi connectivity index (χ3v) is 2.70. The quantitative estimate of drug-likeness (QED) is 0.575. The van der Waals surface area contributed by atoms with Gasteiger partial charge in [-0.05, 0) is 13.0 Å². The summed E-state index contributed by atoms with van der Waals surface area (Å²) in [6.07, 6.45) is 0. The van der Waals surface area contributed by atoms with Crippen molar-refractivity contribution in [3.05, 3.63) is 33.9 Å². The molecule has 1 amide bonds. The fourth-order valence-electron chi connectivity index (χ4n) is 1.82. The third kappa shape index (κ3) is 1.93. The van der Waals surface area contributed by atoms with E-state index in [4.69, 9.17) is 4.74 Å². The molecule has 0 radical (unpaired) electrons. The van der Waals surface area contributed by atoms with Crippen LogP contribution in [0, 0.1) is 10.1 Å². The zero-order valence-corrected chi connectivity index (χ0v) is 9.38. The fourth-order valence-corrected chi connectivity index (χ4v) is 1.82. The Bertz CT molecular complexity index is 473. The lowest BCUT2D eigenvalue weighted by molar-refractivity contribution is -0.385. The van der Waals surface area contributed by atoms with Crippen molar-refractivity contribution in [3.8, 4) is 5.75 Å². The maximum atomic E-state index is 12.1. The molecule has 17 heavy (non-hydrogen) atoms. The number of hydrogen-bond acceptors (Lipinski definition) is 4. The molecule has 6 nitrogen and oxygen atoms in total. The standard InChI is InChI=1S/C11H12N2O4/c1-2-12-6-7-17-10-8(11(12)14)4-3-5-9(10)13(15)16/h3-5H,2,6-7H2,1H3. The Kier molecular flexibility index (Phi) is 2.95. The Morgan fingerprint density at radius 1 is 1.53 bits per heavy atom. The minimum absolute atomic E-state index is 0.0819. The zero-order chi connectivity index (χ0) is 12.4. The van der Waals surface area contributed by atoms with Gasteiger partial charge < -0.3 is 9.64 Å². The van der Waals surface area contributed by atoms with E-state index in [1.807, 2.05) is 6.92 Å². The summed E-state index contributed by atoms with van der Waals surface area (Å²) in [7, 11) is 0. The second kappa shape index (κ2) is 4.40. The number of carbonyl (C=O) groups is 1. The van der Waals surface area contributed by atoms with Gasteiger partial charge in [0.15, 0.2) is 0 Å². The van der Waals surface area contributed by atoms with Crippen LogP contribution in [0.2, 0.25) is 0 Å². The van der Waals surface area contributed by atoms with Crippen molar-refractivity contribution in [2.45, 2.75) is 6.92 Å². The highest BCUT2D eigenvalue weighted by Crippen LogP contribution is 2.32. The van der Waals surface area contributed by atoms with Crippen LogP contribution in [-0.2, 0) is 0 Å². The molecular formula is C11H12N2O4. The first-order valence-corrected chi connectivity index (χ1v) is 5.34. The van der Waals surface area contributed by atoms with Gasteiger partial charge in [-0.15, -0.1) is 0 Å². The number of hydrogen-bond donors (Lipinski definition) is 0. The summed E-state index contributed by atoms with van der Waals surface area (Å²) in [5, 5.41) is 10.8. The summed E-state index contributed by atoms with van der Waals surface area (Å²) >= 11 is 0. The molecule has 1 aromatic rings. The second-order valence-electron chi connectivity index (χ2n) is 3.64. The summed E-state index contributed by atoms with van der Waals surface area (Å²) in [6.45, 7) is 3.14. The molecule has 90 valence electrons. The van der Waals surface area contributed by atoms with E-state index >= 15 is 0 Å². The highest BCUT2D eigenvalue weighted by Gasteiger charge is 2.28. The average molecular weight is 236 g/mol. The first-order chi connectivity index (χ1) is 8.15. The van der Waals surface area contributed by atoms with Gasteiger partial charge in [0.2, 0.25) is 5.75 Å². The van der Waals surface area contributed by atoms with Crippen LogP contribution in [0.1, 0.15) is 17.3 Å². The van der Waals surface area contributed by atoms with Gasteiger partial charge in [-0.2, -0.15) is 0 Å². The van der Waals surface area contributed by atoms with Crippen molar-refractivity contribution < 1.29 is 14.5 Å². The topological polar surface area (TPSA) is 72.7 Å². The van der Waals surface area contributed by atoms with Gasteiger partial charge in [0, 0.05) is 12.6 Å². The molecule has 2 rings (SSSR count). The van der Waals surface area contributed by atoms with Gasteiger partial charge in [0.05, 0.1) is 17.0 Å². The molecule has 0 spiro atoms. The number of amides is 1. The lowest BCUT2D eigenvalue weighted by Gasteiger charge is -2.16. The van der Waals surface area contributed by atoms with Crippen molar-refractivity contribution in [1.82, 2.24) is 4.90 Å². The molecule has 0 saturated carbocycles. The van der Waals surface area contributed by atoms with Crippen LogP contribution in [0.25, 0.3) is 0 Å². The number of fused-ring (bicyclic) bond motifs is 1. The molecule has 1 aliphatic heterocycles. The van der Waals surface area contributed by atoms with E-state index in [2.05, 4.69) is 0 Å². The van der Waals surface area contributed by atoms with Gasteiger partial charge in [-0.3, -0.25) is 14.9 Å². The van der Waals surface area contributed by atoms with Crippen LogP contribution < -0.4 is 4.74 Å². The molecule has 0 saturated heterocycles. The smallest absolute Gasteiger partial charge is 0.311 e. The molecule has 0 aromatic heterocycles. The molecule has 0 fully saturated rings. The summed E-state index contributed by atoms with van der Waals surface area (Å²) in [4.78, 5) is 24.0. The first kappa shape index (κ1) is 11.4. The molecule has 0 atom stereocenters. The fraction of sp³-hybridized carbons (Fsp3) is 0.364. The Morgan fingerprint density at radius 3 is 2.94 bits per heavy atom. The van der Waals surface area contributed by atoms with Gasteiger partial charge >= 0.3 is 5.69 Å². The van der Waals surface area contributed by atoms with Crippen molar-refractivity contribution in [2.75, 3.05) is 19.7 Å². The van der Waals surface area contributed by atoms with E-state index < -0.39 is 4.92 Å². The minimum atomic E-state index is -0.534. The Morgan fingerprint density at radius 2 is 2.29 bits per heavy atom. The number of para-hydroxylation sites is 1. The molecule has 0 unspecified atom stereocenters. The molecule has 1 aromatic carbocycles. The lowest BCUT2D eigenvalue weighted by atomic mass is 10.1. The molecular weight excluding hydrogens is 224 g/mol. The van der Waals surface area contributed by atoms with Gasteiger partial charge in [-0.1, -0.05) is 6.07 Å². The third-order valence-electron chi connectivity index (χ3n) is 2.70. The van der Waals surface area contributed by atoms with E-state index in [-0.39, 0.29) is 29.5 Å². The molecule has 6 heteroatoms. The van der Waals surface area contributed by atoms with Gasteiger partial charge in [0.1, 0.15) is 6.61 Å². The van der Waals surface area contributed by atoms with Crippen molar-refractivity contribution in [3.63, 3.8) is 0 Å². The Hall–Kier alpha value is -2.11. The number of likely N-dealkylation sites (N-methyl/N-ethyl adjacent to an activating group) is 1. The summed E-state index contributed by atoms with van der Waals surface area (Å²) in [5.41, 5.74) is 0.104. The summed E-state index contributed by atoms with van der Waals surface area (Å²) in [5.74, 6) is -0.137. The van der Waals surface area contributed by atoms with Crippen LogP contribution in [0.3, 0.4) is 0 Å². The molecule has 1 aliphatic rings. The van der Waals surface area contributed by atoms with E-state index in [0.29, 0.717) is 13.1 Å². The molecule has 0 aliphatic carbocycles. The largest absolute Gasteiger partial charge is 0.484 e. The van der Waals surface area contributed by atoms with Crippen LogP contribution in [0.4, 0.5) is 5.69 Å². The minimum Gasteiger partial charge on any atom is -0.484 e. The number of nitrogens with zero attached hydrogens (tertiary/aromatic N) is 2. The van der Waals surface area contributed by atoms with Crippen LogP contribution in [0.15, 0.2) is 18.2 Å². The monoisotopic (exact) mass is 236 g/mol. The number of nitro groups is 1. The van der Waals surface area contributed by atoms with Gasteiger partial charge in [-0.25, -0.2) is 0 Å². The van der Waals surface area contributed by atoms with Crippen LogP contribution in [-0.4, -0.2) is 35.4 Å². The number of rotatable bonds is 2. The molecule has 0 N–H and O–H groups in total. The zero-order valence-electron chi connectivity index (χ0n) is 9.38. The number of ether oxygens (including phenoxy) is 1. The number of benzene rings is 1. The second-order valence-corrected chi connectivity index (χ2v) is 3.64. The van der Waals surface area contributed by atoms with E-state index in [1.54, 1.807) is 11.0 Å². The normalized spacial score (nSPS) is 14.9. The summed E-state index contributed by atoms with van der Waals surface area (Å²) in [6, 6.07) is 4.39. The Balaban J connectivity index is 2.53. The number of nitro benzene ring substituents is 1. The van der Waals surface area contributed by atoms with Crippen LogP contribution in [0.5, 0.6) is 5.75 Å². The van der Waals surface area contributed by atoms with Crippen molar-refractivity contribution in [1.29, 1.82) is 0 Å². The SMILES string of the molecule is CCN1CCOc2c(cccc2[N+](=O)[O-])C1=O. The highest BCUT2D eigenvalue weighted by molar-refractivity contribution is 5.98. The maximum Gasteiger partial charge on any atom is 0.311 e. The predicted octanol–water partition coefficient (Wildman–Crippen LogP) is 1.45.